The third-order valence-corrected chi connectivity index (χ3v) is 2.44. The van der Waals surface area contributed by atoms with E-state index in [1.165, 1.54) is 0 Å². The van der Waals surface area contributed by atoms with E-state index in [-0.39, 0.29) is 24.9 Å². The van der Waals surface area contributed by atoms with Gasteiger partial charge in [-0.3, -0.25) is 19.9 Å². The van der Waals surface area contributed by atoms with Crippen LogP contribution in [0.25, 0.3) is 0 Å². The summed E-state index contributed by atoms with van der Waals surface area (Å²) in [5.41, 5.74) is 2.03. The molecule has 3 N–H and O–H groups in total. The predicted molar refractivity (Wildman–Crippen MR) is 55.6 cm³/mol. The van der Waals surface area contributed by atoms with Crippen LogP contribution >= 0.6 is 0 Å². The zero-order valence-corrected chi connectivity index (χ0v) is 9.03. The fourth-order valence-corrected chi connectivity index (χ4v) is 1.64. The average molecular weight is 214 g/mol. The SMILES string of the molecule is CN(CC(=O)NN)CC(=O)N1CCCC1. The van der Waals surface area contributed by atoms with Gasteiger partial charge in [-0.05, 0) is 19.9 Å². The van der Waals surface area contributed by atoms with E-state index >= 15 is 0 Å². The van der Waals surface area contributed by atoms with Gasteiger partial charge >= 0.3 is 0 Å². The van der Waals surface area contributed by atoms with Gasteiger partial charge in [-0.15, -0.1) is 0 Å². The number of rotatable bonds is 4. The predicted octanol–water partition coefficient (Wildman–Crippen LogP) is -1.47. The number of nitrogens with one attached hydrogen (secondary N) is 1. The molecule has 1 aliphatic rings. The molecular weight excluding hydrogens is 196 g/mol. The third-order valence-electron chi connectivity index (χ3n) is 2.44. The van der Waals surface area contributed by atoms with Crippen molar-refractivity contribution in [2.45, 2.75) is 12.8 Å². The van der Waals surface area contributed by atoms with E-state index in [0.717, 1.165) is 25.9 Å². The topological polar surface area (TPSA) is 78.7 Å². The van der Waals surface area contributed by atoms with Crippen molar-refractivity contribution in [2.24, 2.45) is 5.84 Å². The molecule has 1 aliphatic heterocycles. The summed E-state index contributed by atoms with van der Waals surface area (Å²) in [6, 6.07) is 0. The summed E-state index contributed by atoms with van der Waals surface area (Å²) in [6.45, 7) is 2.11. The van der Waals surface area contributed by atoms with Crippen LogP contribution in [0, 0.1) is 0 Å². The van der Waals surface area contributed by atoms with E-state index in [4.69, 9.17) is 5.84 Å². The minimum atomic E-state index is -0.285. The quantitative estimate of drug-likeness (QED) is 0.340. The van der Waals surface area contributed by atoms with Crippen LogP contribution in [0.4, 0.5) is 0 Å². The van der Waals surface area contributed by atoms with E-state index < -0.39 is 0 Å². The van der Waals surface area contributed by atoms with Crippen LogP contribution in [-0.4, -0.2) is 54.8 Å². The van der Waals surface area contributed by atoms with Crippen LogP contribution in [0.5, 0.6) is 0 Å². The monoisotopic (exact) mass is 214 g/mol. The molecule has 6 heteroatoms. The smallest absolute Gasteiger partial charge is 0.248 e. The second kappa shape index (κ2) is 5.67. The number of hydrazine groups is 1. The molecule has 0 saturated carbocycles. The lowest BCUT2D eigenvalue weighted by Gasteiger charge is -2.20. The van der Waals surface area contributed by atoms with Crippen LogP contribution < -0.4 is 11.3 Å². The maximum absolute atomic E-state index is 11.6. The van der Waals surface area contributed by atoms with E-state index in [9.17, 15) is 9.59 Å². The Morgan fingerprint density at radius 2 is 1.93 bits per heavy atom. The maximum atomic E-state index is 11.6. The molecule has 1 rings (SSSR count). The Hall–Kier alpha value is -1.14. The number of likely N-dealkylation sites (N-methyl/N-ethyl adjacent to an activating group) is 1. The van der Waals surface area contributed by atoms with Crippen molar-refractivity contribution < 1.29 is 9.59 Å². The molecule has 1 heterocycles. The van der Waals surface area contributed by atoms with Crippen LogP contribution in [0.2, 0.25) is 0 Å². The van der Waals surface area contributed by atoms with Gasteiger partial charge in [0.15, 0.2) is 0 Å². The number of hydrogen-bond donors (Lipinski definition) is 2. The molecule has 1 fully saturated rings. The van der Waals surface area contributed by atoms with Crippen molar-refractivity contribution in [3.8, 4) is 0 Å². The number of amides is 2. The van der Waals surface area contributed by atoms with Crippen molar-refractivity contribution >= 4 is 11.8 Å². The summed E-state index contributed by atoms with van der Waals surface area (Å²) in [6.07, 6.45) is 2.16. The molecule has 0 aromatic rings. The molecule has 0 unspecified atom stereocenters. The molecule has 15 heavy (non-hydrogen) atoms. The number of nitrogens with two attached hydrogens (primary N) is 1. The summed E-state index contributed by atoms with van der Waals surface area (Å²) in [7, 11) is 1.73. The molecule has 86 valence electrons. The molecule has 0 bridgehead atoms. The number of carbonyl (C=O) groups excluding carboxylic acids is 2. The molecule has 0 aromatic heterocycles. The minimum absolute atomic E-state index is 0.0832. The fraction of sp³-hybridized carbons (Fsp3) is 0.778. The van der Waals surface area contributed by atoms with E-state index in [2.05, 4.69) is 0 Å². The largest absolute Gasteiger partial charge is 0.342 e. The molecule has 0 spiro atoms. The Morgan fingerprint density at radius 3 is 2.47 bits per heavy atom. The highest BCUT2D eigenvalue weighted by Crippen LogP contribution is 2.07. The first-order valence-corrected chi connectivity index (χ1v) is 5.09. The Labute approximate surface area is 89.4 Å². The first-order chi connectivity index (χ1) is 7.13. The zero-order chi connectivity index (χ0) is 11.3. The van der Waals surface area contributed by atoms with E-state index in [0.29, 0.717) is 0 Å². The molecule has 1 saturated heterocycles. The summed E-state index contributed by atoms with van der Waals surface area (Å²) in [4.78, 5) is 26.1. The molecule has 0 aromatic carbocycles. The van der Waals surface area contributed by atoms with Gasteiger partial charge in [-0.2, -0.15) is 0 Å². The van der Waals surface area contributed by atoms with Crippen LogP contribution in [0.15, 0.2) is 0 Å². The first kappa shape index (κ1) is 11.9. The highest BCUT2D eigenvalue weighted by Gasteiger charge is 2.19. The van der Waals surface area contributed by atoms with Gasteiger partial charge in [0.2, 0.25) is 11.8 Å². The molecule has 6 nitrogen and oxygen atoms in total. The van der Waals surface area contributed by atoms with Crippen molar-refractivity contribution in [1.82, 2.24) is 15.2 Å². The number of carbonyl (C=O) groups is 2. The lowest BCUT2D eigenvalue weighted by Crippen LogP contribution is -2.43. The second-order valence-electron chi connectivity index (χ2n) is 3.83. The lowest BCUT2D eigenvalue weighted by molar-refractivity contribution is -0.131. The Morgan fingerprint density at radius 1 is 1.33 bits per heavy atom. The Kier molecular flexibility index (Phi) is 4.51. The van der Waals surface area contributed by atoms with Crippen LogP contribution in [0.1, 0.15) is 12.8 Å². The van der Waals surface area contributed by atoms with Gasteiger partial charge in [0.05, 0.1) is 13.1 Å². The van der Waals surface area contributed by atoms with Crippen molar-refractivity contribution in [2.75, 3.05) is 33.2 Å². The van der Waals surface area contributed by atoms with Gasteiger partial charge in [-0.1, -0.05) is 0 Å². The molecule has 0 aliphatic carbocycles. The van der Waals surface area contributed by atoms with Crippen molar-refractivity contribution in [3.63, 3.8) is 0 Å². The van der Waals surface area contributed by atoms with Crippen LogP contribution in [-0.2, 0) is 9.59 Å². The summed E-state index contributed by atoms with van der Waals surface area (Å²) in [5, 5.41) is 0. The van der Waals surface area contributed by atoms with E-state index in [1.54, 1.807) is 11.9 Å². The molecule has 2 amide bonds. The van der Waals surface area contributed by atoms with Gasteiger partial charge in [0, 0.05) is 13.1 Å². The summed E-state index contributed by atoms with van der Waals surface area (Å²) < 4.78 is 0. The summed E-state index contributed by atoms with van der Waals surface area (Å²) in [5.74, 6) is 4.75. The van der Waals surface area contributed by atoms with Gasteiger partial charge < -0.3 is 4.90 Å². The van der Waals surface area contributed by atoms with Gasteiger partial charge in [0.1, 0.15) is 0 Å². The molecule has 0 radical (unpaired) electrons. The van der Waals surface area contributed by atoms with E-state index in [1.807, 2.05) is 10.3 Å². The zero-order valence-electron chi connectivity index (χ0n) is 9.03. The summed E-state index contributed by atoms with van der Waals surface area (Å²) >= 11 is 0. The molecule has 0 atom stereocenters. The Bertz CT molecular complexity index is 238. The minimum Gasteiger partial charge on any atom is -0.342 e. The number of likely N-dealkylation sites (tertiary alicyclic amines) is 1. The van der Waals surface area contributed by atoms with Crippen molar-refractivity contribution in [1.29, 1.82) is 0 Å². The number of nitrogens with zero attached hydrogens (tertiary/aromatic N) is 2. The first-order valence-electron chi connectivity index (χ1n) is 5.09. The number of hydrogen-bond acceptors (Lipinski definition) is 4. The third kappa shape index (κ3) is 3.85. The second-order valence-corrected chi connectivity index (χ2v) is 3.83. The van der Waals surface area contributed by atoms with Gasteiger partial charge in [-0.25, -0.2) is 5.84 Å². The normalized spacial score (nSPS) is 15.8. The highest BCUT2D eigenvalue weighted by molar-refractivity contribution is 5.81. The highest BCUT2D eigenvalue weighted by atomic mass is 16.2. The maximum Gasteiger partial charge on any atom is 0.248 e. The lowest BCUT2D eigenvalue weighted by atomic mass is 10.4. The molecular formula is C9H18N4O2. The van der Waals surface area contributed by atoms with Gasteiger partial charge in [0.25, 0.3) is 0 Å². The Balaban J connectivity index is 2.27. The van der Waals surface area contributed by atoms with Crippen molar-refractivity contribution in [3.05, 3.63) is 0 Å². The average Bonchev–Trinajstić information content (AvgIpc) is 2.70. The standard InChI is InChI=1S/C9H18N4O2/c1-12(6-8(14)11-10)7-9(15)13-4-2-3-5-13/h2-7,10H2,1H3,(H,11,14). The van der Waals surface area contributed by atoms with Crippen LogP contribution in [0.3, 0.4) is 0 Å². The fourth-order valence-electron chi connectivity index (χ4n) is 1.64.